The fraction of sp³-hybridized carbons (Fsp3) is 0.483. The lowest BCUT2D eigenvalue weighted by atomic mass is 9.92. The molecule has 3 rings (SSSR count). The smallest absolute Gasteiger partial charge is 0.490 e. The molecule has 0 saturated carbocycles. The van der Waals surface area contributed by atoms with Gasteiger partial charge in [0.1, 0.15) is 23.8 Å². The van der Waals surface area contributed by atoms with Crippen LogP contribution in [0.4, 0.5) is 30.7 Å². The number of alkyl halides is 6. The minimum atomic E-state index is -5.08. The lowest BCUT2D eigenvalue weighted by molar-refractivity contribution is -0.193. The average molecular weight is 707 g/mol. The van der Waals surface area contributed by atoms with Gasteiger partial charge in [-0.15, -0.1) is 0 Å². The summed E-state index contributed by atoms with van der Waals surface area (Å²) in [6.45, 7) is 6.85. The van der Waals surface area contributed by atoms with E-state index in [0.717, 1.165) is 37.1 Å². The highest BCUT2D eigenvalue weighted by Crippen LogP contribution is 2.23. The molecule has 1 fully saturated rings. The van der Waals surface area contributed by atoms with Crippen LogP contribution < -0.4 is 10.1 Å². The van der Waals surface area contributed by atoms with E-state index in [0.29, 0.717) is 18.0 Å². The number of benzene rings is 2. The van der Waals surface area contributed by atoms with Gasteiger partial charge < -0.3 is 30.5 Å². The number of nitrogens with zero attached hydrogens (tertiary/aromatic N) is 1. The van der Waals surface area contributed by atoms with Crippen LogP contribution in [0, 0.1) is 11.7 Å². The minimum Gasteiger partial charge on any atom is -0.490 e. The van der Waals surface area contributed by atoms with Gasteiger partial charge in [0, 0.05) is 42.3 Å². The zero-order valence-electron chi connectivity index (χ0n) is 25.0. The van der Waals surface area contributed by atoms with E-state index in [1.165, 1.54) is 17.7 Å². The summed E-state index contributed by atoms with van der Waals surface area (Å²) in [6.07, 6.45) is -9.49. The van der Waals surface area contributed by atoms with Crippen molar-refractivity contribution in [1.82, 2.24) is 10.2 Å². The van der Waals surface area contributed by atoms with E-state index >= 15 is 0 Å². The monoisotopic (exact) mass is 706 g/mol. The topological polar surface area (TPSA) is 157 Å². The first kappa shape index (κ1) is 41.4. The van der Waals surface area contributed by atoms with Crippen molar-refractivity contribution in [2.24, 2.45) is 5.92 Å². The molecule has 1 saturated heterocycles. The van der Waals surface area contributed by atoms with Gasteiger partial charge >= 0.3 is 30.3 Å². The summed E-state index contributed by atoms with van der Waals surface area (Å²) in [5.41, 5.74) is 0.402. The van der Waals surface area contributed by atoms with E-state index < -0.39 is 41.7 Å². The van der Waals surface area contributed by atoms with E-state index in [-0.39, 0.29) is 24.8 Å². The first-order valence-electron chi connectivity index (χ1n) is 13.7. The standard InChI is InChI=1S/C25H32ClFN2O4.2C2HF3O2/c1-17-13-29(14-18-3-6-20(26)7-4-18)10-9-22(17)28-15-25(2,32)16-33-23-12-21(27)8-5-19(23)11-24(30)31;2*3-2(4,5)1(6)7/h3-8,12,17,22,28,32H,9-11,13-16H2,1-2H3,(H,30,31);2*(H,6,7)/t17?,22?,25-;;/m0../s1. The summed E-state index contributed by atoms with van der Waals surface area (Å²) < 4.78 is 82.7. The molecule has 0 aromatic heterocycles. The molecule has 2 aromatic rings. The van der Waals surface area contributed by atoms with E-state index in [9.17, 15) is 40.6 Å². The number of halogens is 8. The molecule has 47 heavy (non-hydrogen) atoms. The number of piperidine rings is 1. The third-order valence-corrected chi connectivity index (χ3v) is 6.70. The third kappa shape index (κ3) is 16.6. The first-order chi connectivity index (χ1) is 21.5. The predicted molar refractivity (Wildman–Crippen MR) is 154 cm³/mol. The number of ether oxygens (including phenoxy) is 1. The van der Waals surface area contributed by atoms with Crippen LogP contribution >= 0.6 is 11.6 Å². The Balaban J connectivity index is 0.000000658. The number of aliphatic hydroxyl groups is 1. The summed E-state index contributed by atoms with van der Waals surface area (Å²) in [4.78, 5) is 31.2. The van der Waals surface area contributed by atoms with Crippen molar-refractivity contribution >= 4 is 29.5 Å². The zero-order valence-corrected chi connectivity index (χ0v) is 25.8. The van der Waals surface area contributed by atoms with Crippen LogP contribution in [0.1, 0.15) is 31.4 Å². The van der Waals surface area contributed by atoms with Gasteiger partial charge in [-0.05, 0) is 49.6 Å². The Morgan fingerprint density at radius 3 is 1.98 bits per heavy atom. The van der Waals surface area contributed by atoms with E-state index in [1.54, 1.807) is 6.92 Å². The van der Waals surface area contributed by atoms with Gasteiger partial charge in [-0.3, -0.25) is 9.69 Å². The molecule has 1 aliphatic heterocycles. The van der Waals surface area contributed by atoms with Crippen LogP contribution in [0.15, 0.2) is 42.5 Å². The van der Waals surface area contributed by atoms with Crippen LogP contribution in [0.25, 0.3) is 0 Å². The number of carboxylic acid groups (broad SMARTS) is 3. The number of aliphatic carboxylic acids is 3. The Hall–Kier alpha value is -3.67. The van der Waals surface area contributed by atoms with Gasteiger partial charge in [-0.1, -0.05) is 36.7 Å². The maximum absolute atomic E-state index is 13.6. The molecule has 3 atom stereocenters. The molecule has 1 heterocycles. The summed E-state index contributed by atoms with van der Waals surface area (Å²) in [6, 6.07) is 11.9. The molecule has 18 heteroatoms. The molecular formula is C29H34ClF7N2O8. The van der Waals surface area contributed by atoms with Crippen molar-refractivity contribution in [2.75, 3.05) is 26.2 Å². The minimum absolute atomic E-state index is 0.0835. The van der Waals surface area contributed by atoms with Gasteiger partial charge in [0.2, 0.25) is 0 Å². The molecule has 0 amide bonds. The van der Waals surface area contributed by atoms with Crippen LogP contribution in [-0.2, 0) is 27.3 Å². The summed E-state index contributed by atoms with van der Waals surface area (Å²) >= 11 is 5.97. The molecular weight excluding hydrogens is 673 g/mol. The summed E-state index contributed by atoms with van der Waals surface area (Å²) in [5, 5.41) is 38.3. The second kappa shape index (κ2) is 18.0. The van der Waals surface area contributed by atoms with Gasteiger partial charge in [-0.25, -0.2) is 14.0 Å². The largest absolute Gasteiger partial charge is 0.490 e. The predicted octanol–water partition coefficient (Wildman–Crippen LogP) is 5.00. The molecule has 0 aliphatic carbocycles. The first-order valence-corrected chi connectivity index (χ1v) is 14.0. The van der Waals surface area contributed by atoms with Crippen molar-refractivity contribution in [3.8, 4) is 5.75 Å². The van der Waals surface area contributed by atoms with Crippen molar-refractivity contribution in [2.45, 2.75) is 57.2 Å². The zero-order chi connectivity index (χ0) is 36.2. The molecule has 0 radical (unpaired) electrons. The van der Waals surface area contributed by atoms with Gasteiger partial charge in [-0.2, -0.15) is 26.3 Å². The SMILES string of the molecule is CC1CN(Cc2ccc(Cl)cc2)CCC1NC[C@](C)(O)COc1cc(F)ccc1CC(=O)O.O=C(O)C(F)(F)F.O=C(O)C(F)(F)F. The number of rotatable bonds is 10. The lowest BCUT2D eigenvalue weighted by Gasteiger charge is -2.38. The van der Waals surface area contributed by atoms with Crippen molar-refractivity contribution in [3.05, 3.63) is 64.4 Å². The fourth-order valence-corrected chi connectivity index (χ4v) is 4.26. The van der Waals surface area contributed by atoms with Gasteiger partial charge in [0.15, 0.2) is 0 Å². The molecule has 0 bridgehead atoms. The third-order valence-electron chi connectivity index (χ3n) is 6.45. The average Bonchev–Trinajstić information content (AvgIpc) is 2.93. The normalized spacial score (nSPS) is 18.0. The Morgan fingerprint density at radius 1 is 0.979 bits per heavy atom. The quantitative estimate of drug-likeness (QED) is 0.213. The van der Waals surface area contributed by atoms with Crippen molar-refractivity contribution in [1.29, 1.82) is 0 Å². The van der Waals surface area contributed by atoms with E-state index in [1.807, 2.05) is 12.1 Å². The molecule has 0 spiro atoms. The Bertz CT molecular complexity index is 1300. The Morgan fingerprint density at radius 2 is 1.51 bits per heavy atom. The number of carboxylic acids is 3. The maximum atomic E-state index is 13.6. The highest BCUT2D eigenvalue weighted by molar-refractivity contribution is 6.30. The van der Waals surface area contributed by atoms with Gasteiger partial charge in [0.25, 0.3) is 0 Å². The van der Waals surface area contributed by atoms with Gasteiger partial charge in [0.05, 0.1) is 6.42 Å². The summed E-state index contributed by atoms with van der Waals surface area (Å²) in [5.74, 6) is -6.53. The van der Waals surface area contributed by atoms with Crippen LogP contribution in [0.5, 0.6) is 5.75 Å². The van der Waals surface area contributed by atoms with Crippen LogP contribution in [0.3, 0.4) is 0 Å². The highest BCUT2D eigenvalue weighted by Gasteiger charge is 2.39. The van der Waals surface area contributed by atoms with Crippen molar-refractivity contribution < 1.29 is 70.3 Å². The number of hydrogen-bond acceptors (Lipinski definition) is 7. The van der Waals surface area contributed by atoms with Crippen LogP contribution in [-0.4, -0.2) is 93.5 Å². The van der Waals surface area contributed by atoms with Crippen molar-refractivity contribution in [3.63, 3.8) is 0 Å². The number of nitrogens with one attached hydrogen (secondary N) is 1. The van der Waals surface area contributed by atoms with E-state index in [4.69, 9.17) is 41.2 Å². The molecule has 2 aromatic carbocycles. The second-order valence-corrected chi connectivity index (χ2v) is 11.3. The number of hydrogen-bond donors (Lipinski definition) is 5. The Kier molecular flexibility index (Phi) is 15.9. The number of likely N-dealkylation sites (tertiary alicyclic amines) is 1. The lowest BCUT2D eigenvalue weighted by Crippen LogP contribution is -2.52. The van der Waals surface area contributed by atoms with Crippen LogP contribution in [0.2, 0.25) is 5.02 Å². The molecule has 10 nitrogen and oxygen atoms in total. The molecule has 264 valence electrons. The molecule has 5 N–H and O–H groups in total. The highest BCUT2D eigenvalue weighted by atomic mass is 35.5. The fourth-order valence-electron chi connectivity index (χ4n) is 4.13. The molecule has 1 aliphatic rings. The summed E-state index contributed by atoms with van der Waals surface area (Å²) in [7, 11) is 0. The second-order valence-electron chi connectivity index (χ2n) is 10.8. The Labute approximate surface area is 269 Å². The molecule has 2 unspecified atom stereocenters. The maximum Gasteiger partial charge on any atom is 0.490 e. The number of carbonyl (C=O) groups is 3. The van der Waals surface area contributed by atoms with E-state index in [2.05, 4.69) is 29.3 Å².